The van der Waals surface area contributed by atoms with Crippen molar-refractivity contribution in [2.75, 3.05) is 7.11 Å². The highest BCUT2D eigenvalue weighted by molar-refractivity contribution is 8.00. The third-order valence-corrected chi connectivity index (χ3v) is 5.48. The van der Waals surface area contributed by atoms with Crippen molar-refractivity contribution in [1.29, 1.82) is 0 Å². The van der Waals surface area contributed by atoms with E-state index in [1.807, 2.05) is 42.7 Å². The molecular weight excluding hydrogens is 378 g/mol. The highest BCUT2D eigenvalue weighted by Crippen LogP contribution is 2.31. The van der Waals surface area contributed by atoms with Gasteiger partial charge in [0.15, 0.2) is 11.0 Å². The van der Waals surface area contributed by atoms with Crippen LogP contribution in [0.5, 0.6) is 5.75 Å². The van der Waals surface area contributed by atoms with E-state index < -0.39 is 17.2 Å². The van der Waals surface area contributed by atoms with Gasteiger partial charge in [-0.25, -0.2) is 4.79 Å². The summed E-state index contributed by atoms with van der Waals surface area (Å²) in [6, 6.07) is 6.72. The van der Waals surface area contributed by atoms with Gasteiger partial charge in [0.1, 0.15) is 5.75 Å². The fourth-order valence-electron chi connectivity index (χ4n) is 2.66. The Morgan fingerprint density at radius 1 is 1.18 bits per heavy atom. The van der Waals surface area contributed by atoms with Crippen LogP contribution in [0.1, 0.15) is 27.7 Å². The maximum atomic E-state index is 12.4. The number of primary amides is 1. The van der Waals surface area contributed by atoms with Gasteiger partial charge in [-0.3, -0.25) is 10.1 Å². The summed E-state index contributed by atoms with van der Waals surface area (Å²) >= 11 is 1.28. The lowest BCUT2D eigenvalue weighted by Crippen LogP contribution is -2.42. The van der Waals surface area contributed by atoms with Crippen LogP contribution in [0.25, 0.3) is 11.4 Å². The number of hydrogen-bond acceptors (Lipinski definition) is 6. The molecular formula is C19H27N5O3S. The lowest BCUT2D eigenvalue weighted by molar-refractivity contribution is -0.120. The van der Waals surface area contributed by atoms with Crippen molar-refractivity contribution >= 4 is 23.7 Å². The molecule has 0 aliphatic rings. The van der Waals surface area contributed by atoms with E-state index in [-0.39, 0.29) is 5.92 Å². The van der Waals surface area contributed by atoms with Crippen LogP contribution in [0, 0.1) is 11.8 Å². The van der Waals surface area contributed by atoms with E-state index in [0.29, 0.717) is 17.6 Å². The Morgan fingerprint density at radius 2 is 1.82 bits per heavy atom. The lowest BCUT2D eigenvalue weighted by Gasteiger charge is -2.19. The van der Waals surface area contributed by atoms with E-state index in [4.69, 9.17) is 10.5 Å². The first-order valence-corrected chi connectivity index (χ1v) is 9.95. The molecule has 0 aliphatic heterocycles. The van der Waals surface area contributed by atoms with Crippen molar-refractivity contribution in [1.82, 2.24) is 20.1 Å². The van der Waals surface area contributed by atoms with Gasteiger partial charge in [-0.05, 0) is 36.1 Å². The van der Waals surface area contributed by atoms with Gasteiger partial charge in [0.05, 0.1) is 12.4 Å². The average Bonchev–Trinajstić information content (AvgIpc) is 3.00. The Labute approximate surface area is 169 Å². The van der Waals surface area contributed by atoms with Crippen molar-refractivity contribution in [3.63, 3.8) is 0 Å². The SMILES string of the molecule is COc1ccc(-c2nnc(S[C@H](C(=O)NC(N)=O)C(C)C)n2CC(C)C)cc1. The summed E-state index contributed by atoms with van der Waals surface area (Å²) in [6.45, 7) is 8.72. The molecule has 0 saturated carbocycles. The normalized spacial score (nSPS) is 12.2. The summed E-state index contributed by atoms with van der Waals surface area (Å²) in [6.07, 6.45) is 0. The van der Waals surface area contributed by atoms with Crippen LogP contribution in [0.4, 0.5) is 4.79 Å². The zero-order valence-corrected chi connectivity index (χ0v) is 17.6. The van der Waals surface area contributed by atoms with Gasteiger partial charge in [-0.15, -0.1) is 10.2 Å². The minimum atomic E-state index is -0.862. The number of amides is 3. The van der Waals surface area contributed by atoms with Crippen LogP contribution < -0.4 is 15.8 Å². The van der Waals surface area contributed by atoms with E-state index in [1.165, 1.54) is 11.8 Å². The summed E-state index contributed by atoms with van der Waals surface area (Å²) in [4.78, 5) is 23.5. The number of benzene rings is 1. The van der Waals surface area contributed by atoms with Gasteiger partial charge in [-0.1, -0.05) is 39.5 Å². The highest BCUT2D eigenvalue weighted by atomic mass is 32.2. The van der Waals surface area contributed by atoms with Gasteiger partial charge >= 0.3 is 6.03 Å². The molecule has 28 heavy (non-hydrogen) atoms. The second-order valence-electron chi connectivity index (χ2n) is 7.18. The van der Waals surface area contributed by atoms with Crippen LogP contribution in [0.3, 0.4) is 0 Å². The first-order valence-electron chi connectivity index (χ1n) is 9.07. The van der Waals surface area contributed by atoms with Crippen molar-refractivity contribution < 1.29 is 14.3 Å². The number of thioether (sulfide) groups is 1. The number of nitrogens with zero attached hydrogens (tertiary/aromatic N) is 3. The van der Waals surface area contributed by atoms with E-state index in [1.54, 1.807) is 7.11 Å². The van der Waals surface area contributed by atoms with Gasteiger partial charge < -0.3 is 15.0 Å². The number of urea groups is 1. The molecule has 0 bridgehead atoms. The standard InChI is InChI=1S/C19H27N5O3S/c1-11(2)10-24-16(13-6-8-14(27-5)9-7-13)22-23-19(24)28-15(12(3)4)17(25)21-18(20)26/h6-9,11-12,15H,10H2,1-5H3,(H3,20,21,25,26)/t15-/m0/s1. The number of carbonyl (C=O) groups excluding carboxylic acids is 2. The minimum absolute atomic E-state index is 0.0296. The molecule has 2 aromatic rings. The molecule has 3 N–H and O–H groups in total. The first kappa shape index (κ1) is 21.7. The number of rotatable bonds is 8. The molecule has 0 saturated heterocycles. The monoisotopic (exact) mass is 405 g/mol. The highest BCUT2D eigenvalue weighted by Gasteiger charge is 2.28. The second-order valence-corrected chi connectivity index (χ2v) is 8.28. The fourth-order valence-corrected chi connectivity index (χ4v) is 3.70. The first-order chi connectivity index (χ1) is 13.2. The molecule has 0 aliphatic carbocycles. The average molecular weight is 406 g/mol. The Morgan fingerprint density at radius 3 is 2.32 bits per heavy atom. The summed E-state index contributed by atoms with van der Waals surface area (Å²) in [5.41, 5.74) is 6.01. The van der Waals surface area contributed by atoms with Crippen LogP contribution in [-0.4, -0.2) is 39.1 Å². The van der Waals surface area contributed by atoms with Gasteiger partial charge in [0.2, 0.25) is 5.91 Å². The third-order valence-electron chi connectivity index (χ3n) is 3.96. The minimum Gasteiger partial charge on any atom is -0.497 e. The summed E-state index contributed by atoms with van der Waals surface area (Å²) < 4.78 is 7.22. The molecule has 152 valence electrons. The van der Waals surface area contributed by atoms with Crippen molar-refractivity contribution in [3.8, 4) is 17.1 Å². The van der Waals surface area contributed by atoms with Crippen molar-refractivity contribution in [3.05, 3.63) is 24.3 Å². The zero-order valence-electron chi connectivity index (χ0n) is 16.8. The molecule has 1 aromatic carbocycles. The number of imide groups is 1. The quantitative estimate of drug-likeness (QED) is 0.653. The number of nitrogens with two attached hydrogens (primary N) is 1. The van der Waals surface area contributed by atoms with E-state index >= 15 is 0 Å². The van der Waals surface area contributed by atoms with Crippen molar-refractivity contribution in [2.24, 2.45) is 17.6 Å². The van der Waals surface area contributed by atoms with E-state index in [9.17, 15) is 9.59 Å². The summed E-state index contributed by atoms with van der Waals surface area (Å²) in [5, 5.41) is 10.9. The van der Waals surface area contributed by atoms with Crippen LogP contribution in [0.2, 0.25) is 0 Å². The largest absolute Gasteiger partial charge is 0.497 e. The van der Waals surface area contributed by atoms with Crippen LogP contribution in [-0.2, 0) is 11.3 Å². The Kier molecular flexibility index (Phi) is 7.45. The number of methoxy groups -OCH3 is 1. The van der Waals surface area contributed by atoms with E-state index in [0.717, 1.165) is 17.1 Å². The number of carbonyl (C=O) groups is 2. The Balaban J connectivity index is 2.38. The molecule has 9 heteroatoms. The third kappa shape index (κ3) is 5.48. The van der Waals surface area contributed by atoms with Gasteiger partial charge in [0.25, 0.3) is 0 Å². The maximum absolute atomic E-state index is 12.4. The van der Waals surface area contributed by atoms with E-state index in [2.05, 4.69) is 29.4 Å². The summed E-state index contributed by atoms with van der Waals surface area (Å²) in [5.74, 6) is 1.37. The topological polar surface area (TPSA) is 112 Å². The molecule has 0 fully saturated rings. The molecule has 0 unspecified atom stereocenters. The van der Waals surface area contributed by atoms with Gasteiger partial charge in [-0.2, -0.15) is 0 Å². The molecule has 0 radical (unpaired) electrons. The van der Waals surface area contributed by atoms with Crippen LogP contribution in [0.15, 0.2) is 29.4 Å². The maximum Gasteiger partial charge on any atom is 0.318 e. The summed E-state index contributed by atoms with van der Waals surface area (Å²) in [7, 11) is 1.62. The fraction of sp³-hybridized carbons (Fsp3) is 0.474. The van der Waals surface area contributed by atoms with Crippen molar-refractivity contribution in [2.45, 2.75) is 44.6 Å². The molecule has 1 aromatic heterocycles. The molecule has 2 rings (SSSR count). The number of nitrogens with one attached hydrogen (secondary N) is 1. The predicted molar refractivity (Wildman–Crippen MR) is 109 cm³/mol. The second kappa shape index (κ2) is 9.59. The number of aromatic nitrogens is 3. The van der Waals surface area contributed by atoms with Gasteiger partial charge in [0, 0.05) is 12.1 Å². The zero-order chi connectivity index (χ0) is 20.8. The Bertz CT molecular complexity index is 817. The smallest absolute Gasteiger partial charge is 0.318 e. The molecule has 3 amide bonds. The lowest BCUT2D eigenvalue weighted by atomic mass is 10.1. The molecule has 8 nitrogen and oxygen atoms in total. The molecule has 0 spiro atoms. The van der Waals surface area contributed by atoms with Crippen LogP contribution >= 0.6 is 11.8 Å². The molecule has 1 atom stereocenters. The Hall–Kier alpha value is -2.55. The molecule has 1 heterocycles. The number of hydrogen-bond donors (Lipinski definition) is 2. The number of ether oxygens (including phenoxy) is 1. The predicted octanol–water partition coefficient (Wildman–Crippen LogP) is 2.92.